The molecule has 0 bridgehead atoms. The van der Waals surface area contributed by atoms with Crippen LogP contribution < -0.4 is 5.32 Å². The molecule has 1 N–H and O–H groups in total. The third-order valence-corrected chi connectivity index (χ3v) is 2.46. The van der Waals surface area contributed by atoms with E-state index in [1.165, 1.54) is 6.42 Å². The zero-order valence-corrected chi connectivity index (χ0v) is 8.71. The largest absolute Gasteiger partial charge is 0.379 e. The maximum atomic E-state index is 5.65. The van der Waals surface area contributed by atoms with E-state index in [1.54, 1.807) is 0 Å². The van der Waals surface area contributed by atoms with Crippen molar-refractivity contribution in [2.45, 2.75) is 38.8 Å². The second-order valence-electron chi connectivity index (χ2n) is 3.44. The van der Waals surface area contributed by atoms with E-state index in [0.29, 0.717) is 12.1 Å². The van der Waals surface area contributed by atoms with Gasteiger partial charge >= 0.3 is 0 Å². The number of hydrogen-bond acceptors (Lipinski definition) is 3. The van der Waals surface area contributed by atoms with E-state index in [0.717, 1.165) is 32.8 Å². The Balaban J connectivity index is 1.97. The minimum Gasteiger partial charge on any atom is -0.379 e. The number of rotatable bonds is 6. The van der Waals surface area contributed by atoms with E-state index in [-0.39, 0.29) is 0 Å². The normalized spacial score (nSPS) is 28.2. The van der Waals surface area contributed by atoms with Crippen LogP contribution in [0.25, 0.3) is 0 Å². The molecule has 1 aliphatic rings. The van der Waals surface area contributed by atoms with Crippen LogP contribution in [-0.4, -0.2) is 38.5 Å². The van der Waals surface area contributed by atoms with Gasteiger partial charge in [-0.15, -0.1) is 0 Å². The molecule has 0 unspecified atom stereocenters. The van der Waals surface area contributed by atoms with Gasteiger partial charge in [0, 0.05) is 19.2 Å². The molecule has 0 aliphatic carbocycles. The first-order valence-corrected chi connectivity index (χ1v) is 5.29. The Morgan fingerprint density at radius 1 is 1.31 bits per heavy atom. The number of nitrogens with one attached hydrogen (secondary N) is 1. The van der Waals surface area contributed by atoms with Crippen molar-refractivity contribution in [2.24, 2.45) is 0 Å². The highest BCUT2D eigenvalue weighted by atomic mass is 16.5. The average Bonchev–Trinajstić information content (AvgIpc) is 2.60. The first kappa shape index (κ1) is 11.0. The summed E-state index contributed by atoms with van der Waals surface area (Å²) in [6.07, 6.45) is 2.76. The molecule has 2 atom stereocenters. The van der Waals surface area contributed by atoms with Crippen molar-refractivity contribution >= 4 is 0 Å². The van der Waals surface area contributed by atoms with Crippen molar-refractivity contribution < 1.29 is 9.47 Å². The zero-order valence-electron chi connectivity index (χ0n) is 8.71. The molecule has 0 spiro atoms. The third kappa shape index (κ3) is 4.07. The summed E-state index contributed by atoms with van der Waals surface area (Å²) in [4.78, 5) is 0. The maximum Gasteiger partial charge on any atom is 0.0715 e. The van der Waals surface area contributed by atoms with E-state index in [2.05, 4.69) is 12.2 Å². The minimum absolute atomic E-state index is 0.408. The summed E-state index contributed by atoms with van der Waals surface area (Å²) in [6.45, 7) is 7.46. The molecular weight excluding hydrogens is 166 g/mol. The summed E-state index contributed by atoms with van der Waals surface area (Å²) in [5.74, 6) is 0. The topological polar surface area (TPSA) is 30.5 Å². The fourth-order valence-electron chi connectivity index (χ4n) is 1.64. The van der Waals surface area contributed by atoms with Crippen LogP contribution in [0.15, 0.2) is 0 Å². The molecule has 13 heavy (non-hydrogen) atoms. The Kier molecular flexibility index (Phi) is 5.35. The quantitative estimate of drug-likeness (QED) is 0.633. The van der Waals surface area contributed by atoms with Crippen LogP contribution in [0, 0.1) is 0 Å². The molecule has 1 saturated heterocycles. The average molecular weight is 187 g/mol. The van der Waals surface area contributed by atoms with Gasteiger partial charge in [0.15, 0.2) is 0 Å². The van der Waals surface area contributed by atoms with Crippen molar-refractivity contribution in [1.29, 1.82) is 0 Å². The molecule has 1 aliphatic heterocycles. The van der Waals surface area contributed by atoms with Crippen LogP contribution >= 0.6 is 0 Å². The molecule has 3 nitrogen and oxygen atoms in total. The summed E-state index contributed by atoms with van der Waals surface area (Å²) in [7, 11) is 0. The Morgan fingerprint density at radius 2 is 2.15 bits per heavy atom. The lowest BCUT2D eigenvalue weighted by Crippen LogP contribution is -2.21. The second-order valence-corrected chi connectivity index (χ2v) is 3.44. The van der Waals surface area contributed by atoms with Gasteiger partial charge in [-0.1, -0.05) is 6.92 Å². The van der Waals surface area contributed by atoms with Crippen LogP contribution in [0.5, 0.6) is 0 Å². The Bertz CT molecular complexity index is 130. The summed E-state index contributed by atoms with van der Waals surface area (Å²) in [5.41, 5.74) is 0. The van der Waals surface area contributed by atoms with E-state index in [4.69, 9.17) is 9.47 Å². The highest BCUT2D eigenvalue weighted by molar-refractivity contribution is 4.80. The fourth-order valence-corrected chi connectivity index (χ4v) is 1.64. The van der Waals surface area contributed by atoms with E-state index in [9.17, 15) is 0 Å². The van der Waals surface area contributed by atoms with Gasteiger partial charge in [-0.2, -0.15) is 0 Å². The third-order valence-electron chi connectivity index (χ3n) is 2.46. The van der Waals surface area contributed by atoms with Crippen LogP contribution in [0.4, 0.5) is 0 Å². The summed E-state index contributed by atoms with van der Waals surface area (Å²) >= 11 is 0. The van der Waals surface area contributed by atoms with Crippen molar-refractivity contribution in [2.75, 3.05) is 26.4 Å². The van der Waals surface area contributed by atoms with E-state index >= 15 is 0 Å². The van der Waals surface area contributed by atoms with E-state index < -0.39 is 0 Å². The lowest BCUT2D eigenvalue weighted by molar-refractivity contribution is 0.0152. The predicted octanol–water partition coefficient (Wildman–Crippen LogP) is 1.18. The van der Waals surface area contributed by atoms with Gasteiger partial charge < -0.3 is 14.8 Å². The SMILES string of the molecule is CCOCCO[C@H]1CN[C@H](CC)C1. The predicted molar refractivity (Wildman–Crippen MR) is 52.9 cm³/mol. The van der Waals surface area contributed by atoms with Crippen molar-refractivity contribution in [1.82, 2.24) is 5.32 Å². The first-order valence-electron chi connectivity index (χ1n) is 5.29. The molecule has 0 radical (unpaired) electrons. The molecular formula is C10H21NO2. The fraction of sp³-hybridized carbons (Fsp3) is 1.00. The summed E-state index contributed by atoms with van der Waals surface area (Å²) < 4.78 is 10.9. The van der Waals surface area contributed by atoms with Gasteiger partial charge in [-0.3, -0.25) is 0 Å². The second kappa shape index (κ2) is 6.35. The molecule has 3 heteroatoms. The van der Waals surface area contributed by atoms with Gasteiger partial charge in [0.1, 0.15) is 0 Å². The van der Waals surface area contributed by atoms with Gasteiger partial charge in [0.2, 0.25) is 0 Å². The van der Waals surface area contributed by atoms with Crippen LogP contribution in [0.3, 0.4) is 0 Å². The van der Waals surface area contributed by atoms with Crippen LogP contribution in [0.2, 0.25) is 0 Å². The standard InChI is InChI=1S/C10H21NO2/c1-3-9-7-10(8-11-9)13-6-5-12-4-2/h9-11H,3-8H2,1-2H3/t9-,10-/m1/s1. The lowest BCUT2D eigenvalue weighted by atomic mass is 10.1. The summed E-state index contributed by atoms with van der Waals surface area (Å²) in [5, 5.41) is 3.43. The number of hydrogen-bond donors (Lipinski definition) is 1. The van der Waals surface area contributed by atoms with Crippen molar-refractivity contribution in [3.8, 4) is 0 Å². The molecule has 0 saturated carbocycles. The maximum absolute atomic E-state index is 5.65. The zero-order chi connectivity index (χ0) is 9.52. The van der Waals surface area contributed by atoms with Gasteiger partial charge in [0.25, 0.3) is 0 Å². The molecule has 1 rings (SSSR count). The molecule has 78 valence electrons. The molecule has 0 aromatic carbocycles. The van der Waals surface area contributed by atoms with Crippen molar-refractivity contribution in [3.63, 3.8) is 0 Å². The molecule has 0 amide bonds. The number of ether oxygens (including phenoxy) is 2. The molecule has 1 heterocycles. The molecule has 0 aromatic heterocycles. The monoisotopic (exact) mass is 187 g/mol. The summed E-state index contributed by atoms with van der Waals surface area (Å²) in [6, 6.07) is 0.664. The van der Waals surface area contributed by atoms with Gasteiger partial charge in [-0.05, 0) is 19.8 Å². The van der Waals surface area contributed by atoms with Crippen LogP contribution in [-0.2, 0) is 9.47 Å². The first-order chi connectivity index (χ1) is 6.36. The minimum atomic E-state index is 0.408. The van der Waals surface area contributed by atoms with E-state index in [1.807, 2.05) is 6.92 Å². The smallest absolute Gasteiger partial charge is 0.0715 e. The Labute approximate surface area is 80.8 Å². The van der Waals surface area contributed by atoms with Gasteiger partial charge in [-0.25, -0.2) is 0 Å². The highest BCUT2D eigenvalue weighted by Gasteiger charge is 2.22. The highest BCUT2D eigenvalue weighted by Crippen LogP contribution is 2.12. The van der Waals surface area contributed by atoms with Crippen LogP contribution in [0.1, 0.15) is 26.7 Å². The Hall–Kier alpha value is -0.120. The molecule has 1 fully saturated rings. The lowest BCUT2D eigenvalue weighted by Gasteiger charge is -2.10. The van der Waals surface area contributed by atoms with Gasteiger partial charge in [0.05, 0.1) is 19.3 Å². The Morgan fingerprint density at radius 3 is 2.77 bits per heavy atom. The molecule has 0 aromatic rings. The van der Waals surface area contributed by atoms with Crippen molar-refractivity contribution in [3.05, 3.63) is 0 Å².